The third kappa shape index (κ3) is 3.11. The zero-order valence-electron chi connectivity index (χ0n) is 14.5. The number of hydrogen-bond donors (Lipinski definition) is 2. The number of aromatic amines is 1. The molecule has 1 fully saturated rings. The first-order valence-corrected chi connectivity index (χ1v) is 9.20. The van der Waals surface area contributed by atoms with E-state index in [1.54, 1.807) is 6.20 Å². The van der Waals surface area contributed by atoms with Gasteiger partial charge in [0.1, 0.15) is 17.2 Å². The summed E-state index contributed by atoms with van der Waals surface area (Å²) < 4.78 is 5.58. The lowest BCUT2D eigenvalue weighted by Gasteiger charge is -2.32. The Morgan fingerprint density at radius 2 is 2.20 bits per heavy atom. The second-order valence-electron chi connectivity index (χ2n) is 7.18. The van der Waals surface area contributed by atoms with E-state index < -0.39 is 7.12 Å². The van der Waals surface area contributed by atoms with Gasteiger partial charge in [-0.15, -0.1) is 0 Å². The minimum absolute atomic E-state index is 0.370. The van der Waals surface area contributed by atoms with Gasteiger partial charge in [0, 0.05) is 30.0 Å². The molecule has 1 aliphatic carbocycles. The fraction of sp³-hybridized carbons (Fsp3) is 0.474. The van der Waals surface area contributed by atoms with E-state index in [0.29, 0.717) is 29.8 Å². The van der Waals surface area contributed by atoms with E-state index in [1.165, 1.54) is 5.57 Å². The number of carbonyl (C=O) groups is 1. The first-order chi connectivity index (χ1) is 12.2. The van der Waals surface area contributed by atoms with Crippen LogP contribution in [0, 0.1) is 11.8 Å². The first-order valence-electron chi connectivity index (χ1n) is 9.20. The molecule has 4 rings (SSSR count). The maximum absolute atomic E-state index is 11.7. The number of allylic oxidation sites excluding steroid dienone is 1. The molecule has 0 atom stereocenters. The number of nitrogens with zero attached hydrogens (tertiary/aromatic N) is 1. The van der Waals surface area contributed by atoms with Gasteiger partial charge in [-0.3, -0.25) is 4.79 Å². The molecule has 2 N–H and O–H groups in total. The van der Waals surface area contributed by atoms with Gasteiger partial charge in [0.05, 0.1) is 6.20 Å². The van der Waals surface area contributed by atoms with Crippen LogP contribution in [-0.2, 0) is 4.79 Å². The summed E-state index contributed by atoms with van der Waals surface area (Å²) in [7, 11) is -0.917. The highest BCUT2D eigenvalue weighted by Gasteiger charge is 2.33. The maximum atomic E-state index is 11.7. The fourth-order valence-electron chi connectivity index (χ4n) is 4.26. The minimum atomic E-state index is -0.917. The van der Waals surface area contributed by atoms with Gasteiger partial charge in [-0.25, -0.2) is 4.98 Å². The van der Waals surface area contributed by atoms with Crippen LogP contribution in [-0.4, -0.2) is 27.9 Å². The molecule has 2 aliphatic rings. The van der Waals surface area contributed by atoms with E-state index in [9.17, 15) is 9.82 Å². The zero-order valence-corrected chi connectivity index (χ0v) is 14.5. The van der Waals surface area contributed by atoms with Crippen molar-refractivity contribution in [3.63, 3.8) is 0 Å². The quantitative estimate of drug-likeness (QED) is 0.836. The van der Waals surface area contributed by atoms with Crippen molar-refractivity contribution in [2.75, 3.05) is 0 Å². The molecule has 0 aromatic carbocycles. The standard InChI is InChI=1S/C19H23BN2O3/c1-2-14(23)9-12-3-5-13(6-4-12)16-10-20(24)25-17-11-22-19-15(18(16)17)7-8-21-19/h7-8,10-13,24H,2-6,9H2,1H3,(H,21,22). The number of pyridine rings is 1. The van der Waals surface area contributed by atoms with Crippen molar-refractivity contribution in [1.82, 2.24) is 9.97 Å². The van der Waals surface area contributed by atoms with E-state index in [2.05, 4.69) is 9.97 Å². The van der Waals surface area contributed by atoms with Crippen LogP contribution in [0.15, 0.2) is 24.4 Å². The largest absolute Gasteiger partial charge is 0.552 e. The van der Waals surface area contributed by atoms with E-state index >= 15 is 0 Å². The molecule has 0 unspecified atom stereocenters. The molecule has 130 valence electrons. The van der Waals surface area contributed by atoms with Crippen molar-refractivity contribution >= 4 is 29.5 Å². The zero-order chi connectivity index (χ0) is 17.4. The number of carbonyl (C=O) groups excluding carboxylic acids is 1. The molecule has 6 heteroatoms. The fourth-order valence-corrected chi connectivity index (χ4v) is 4.26. The SMILES string of the molecule is CCC(=O)CC1CCC(C2=CB(O)Oc3cnc4[nH]ccc4c32)CC1. The Bertz CT molecular complexity index is 821. The van der Waals surface area contributed by atoms with Gasteiger partial charge >= 0.3 is 7.12 Å². The topological polar surface area (TPSA) is 75.2 Å². The van der Waals surface area contributed by atoms with Crippen LogP contribution in [0.3, 0.4) is 0 Å². The molecule has 25 heavy (non-hydrogen) atoms. The van der Waals surface area contributed by atoms with Crippen molar-refractivity contribution in [2.45, 2.75) is 45.4 Å². The number of H-pyrrole nitrogens is 1. The van der Waals surface area contributed by atoms with Crippen molar-refractivity contribution in [3.05, 3.63) is 30.0 Å². The number of Topliss-reactive ketones (excluding diaryl/α,β-unsaturated/α-hetero) is 1. The van der Waals surface area contributed by atoms with Crippen molar-refractivity contribution < 1.29 is 14.5 Å². The summed E-state index contributed by atoms with van der Waals surface area (Å²) in [6.45, 7) is 1.94. The lowest BCUT2D eigenvalue weighted by molar-refractivity contribution is -0.119. The van der Waals surface area contributed by atoms with Crippen LogP contribution in [0.25, 0.3) is 16.6 Å². The molecule has 1 aliphatic heterocycles. The van der Waals surface area contributed by atoms with Crippen LogP contribution in [0.5, 0.6) is 5.75 Å². The second-order valence-corrected chi connectivity index (χ2v) is 7.18. The highest BCUT2D eigenvalue weighted by molar-refractivity contribution is 6.52. The number of nitrogens with one attached hydrogen (secondary N) is 1. The number of rotatable bonds is 4. The van der Waals surface area contributed by atoms with Gasteiger partial charge in [-0.05, 0) is 55.1 Å². The summed E-state index contributed by atoms with van der Waals surface area (Å²) in [5, 5.41) is 11.1. The van der Waals surface area contributed by atoms with Gasteiger partial charge in [-0.1, -0.05) is 6.92 Å². The predicted molar refractivity (Wildman–Crippen MR) is 98.0 cm³/mol. The summed E-state index contributed by atoms with van der Waals surface area (Å²) >= 11 is 0. The van der Waals surface area contributed by atoms with Crippen molar-refractivity contribution in [1.29, 1.82) is 0 Å². The molecule has 0 radical (unpaired) electrons. The van der Waals surface area contributed by atoms with Crippen LogP contribution >= 0.6 is 0 Å². The third-order valence-corrected chi connectivity index (χ3v) is 5.61. The van der Waals surface area contributed by atoms with E-state index in [0.717, 1.165) is 48.7 Å². The normalized spacial score (nSPS) is 23.1. The van der Waals surface area contributed by atoms with Gasteiger partial charge in [0.2, 0.25) is 0 Å². The third-order valence-electron chi connectivity index (χ3n) is 5.61. The van der Waals surface area contributed by atoms with Crippen LogP contribution in [0.2, 0.25) is 0 Å². The average Bonchev–Trinajstić information content (AvgIpc) is 3.10. The number of ketones is 1. The summed E-state index contributed by atoms with van der Waals surface area (Å²) in [5.41, 5.74) is 3.07. The van der Waals surface area contributed by atoms with E-state index in [4.69, 9.17) is 4.65 Å². The highest BCUT2D eigenvalue weighted by atomic mass is 16.5. The Hall–Kier alpha value is -2.08. The van der Waals surface area contributed by atoms with Gasteiger partial charge in [0.25, 0.3) is 0 Å². The summed E-state index contributed by atoms with van der Waals surface area (Å²) in [5.74, 6) is 3.77. The van der Waals surface area contributed by atoms with Gasteiger partial charge in [-0.2, -0.15) is 0 Å². The Kier molecular flexibility index (Phi) is 4.38. The van der Waals surface area contributed by atoms with Crippen molar-refractivity contribution in [2.24, 2.45) is 11.8 Å². The van der Waals surface area contributed by atoms with Crippen LogP contribution in [0.4, 0.5) is 0 Å². The maximum Gasteiger partial charge on any atom is 0.552 e. The first kappa shape index (κ1) is 16.4. The highest BCUT2D eigenvalue weighted by Crippen LogP contribution is 2.45. The Balaban J connectivity index is 1.59. The molecular weight excluding hydrogens is 315 g/mol. The molecule has 2 aromatic rings. The molecule has 0 saturated heterocycles. The summed E-state index contributed by atoms with van der Waals surface area (Å²) in [6, 6.07) is 2.02. The lowest BCUT2D eigenvalue weighted by atomic mass is 9.70. The van der Waals surface area contributed by atoms with Gasteiger partial charge < -0.3 is 14.7 Å². The molecule has 0 amide bonds. The Morgan fingerprint density at radius 1 is 1.40 bits per heavy atom. The second kappa shape index (κ2) is 6.67. The van der Waals surface area contributed by atoms with E-state index in [1.807, 2.05) is 25.2 Å². The molecule has 1 saturated carbocycles. The molecular formula is C19H23BN2O3. The number of aromatic nitrogens is 2. The summed E-state index contributed by atoms with van der Waals surface area (Å²) in [4.78, 5) is 19.2. The molecule has 0 spiro atoms. The van der Waals surface area contributed by atoms with Crippen LogP contribution in [0.1, 0.15) is 51.0 Å². The molecule has 0 bridgehead atoms. The number of hydrogen-bond acceptors (Lipinski definition) is 4. The molecule has 3 heterocycles. The van der Waals surface area contributed by atoms with Crippen molar-refractivity contribution in [3.8, 4) is 5.75 Å². The average molecular weight is 338 g/mol. The summed E-state index contributed by atoms with van der Waals surface area (Å²) in [6.07, 6.45) is 9.17. The molecule has 2 aromatic heterocycles. The smallest absolute Gasteiger partial charge is 0.531 e. The van der Waals surface area contributed by atoms with E-state index in [-0.39, 0.29) is 0 Å². The Morgan fingerprint density at radius 3 is 2.96 bits per heavy atom. The minimum Gasteiger partial charge on any atom is -0.531 e. The van der Waals surface area contributed by atoms with Gasteiger partial charge in [0.15, 0.2) is 0 Å². The number of fused-ring (bicyclic) bond motifs is 3. The predicted octanol–water partition coefficient (Wildman–Crippen LogP) is 3.53. The monoisotopic (exact) mass is 338 g/mol. The lowest BCUT2D eigenvalue weighted by Crippen LogP contribution is -2.27. The van der Waals surface area contributed by atoms with Crippen LogP contribution < -0.4 is 4.65 Å². The Labute approximate surface area is 147 Å². The molecule has 5 nitrogen and oxygen atoms in total.